The highest BCUT2D eigenvalue weighted by Crippen LogP contribution is 2.18. The van der Waals surface area contributed by atoms with Crippen molar-refractivity contribution in [2.24, 2.45) is 5.92 Å². The van der Waals surface area contributed by atoms with Gasteiger partial charge in [-0.25, -0.2) is 0 Å². The summed E-state index contributed by atoms with van der Waals surface area (Å²) in [6.45, 7) is 9.67. The summed E-state index contributed by atoms with van der Waals surface area (Å²) < 4.78 is 0. The minimum atomic E-state index is 0.108. The first-order chi connectivity index (χ1) is 6.09. The molecule has 0 amide bonds. The molecule has 1 unspecified atom stereocenters. The van der Waals surface area contributed by atoms with Gasteiger partial charge in [-0.3, -0.25) is 4.79 Å². The molecule has 0 saturated carbocycles. The number of Topliss-reactive ketones (excluding diaryl/α,β-unsaturated/α-hetero) is 1. The zero-order chi connectivity index (χ0) is 10.3. The summed E-state index contributed by atoms with van der Waals surface area (Å²) in [5.74, 6) is 0.376. The van der Waals surface area contributed by atoms with E-state index in [9.17, 15) is 4.79 Å². The largest absolute Gasteiger partial charge is 0.299 e. The van der Waals surface area contributed by atoms with Crippen molar-refractivity contribution in [3.05, 3.63) is 12.2 Å². The lowest BCUT2D eigenvalue weighted by Crippen LogP contribution is -2.11. The zero-order valence-electron chi connectivity index (χ0n) is 9.23. The number of rotatable bonds is 7. The minimum absolute atomic E-state index is 0.108. The molecular formula is C12H22O. The normalized spacial score (nSPS) is 12.5. The monoisotopic (exact) mass is 182 g/mol. The highest BCUT2D eigenvalue weighted by atomic mass is 16.1. The molecule has 0 saturated heterocycles. The summed E-state index contributed by atoms with van der Waals surface area (Å²) in [5.41, 5.74) is 1.02. The Morgan fingerprint density at radius 1 is 1.23 bits per heavy atom. The third-order valence-corrected chi connectivity index (χ3v) is 2.43. The topological polar surface area (TPSA) is 17.1 Å². The molecule has 0 aliphatic heterocycles. The number of carbonyl (C=O) groups excluding carboxylic acids is 1. The van der Waals surface area contributed by atoms with Gasteiger partial charge in [0.2, 0.25) is 0 Å². The Bertz CT molecular complexity index is 156. The molecule has 0 radical (unpaired) electrons. The van der Waals surface area contributed by atoms with Crippen molar-refractivity contribution in [1.82, 2.24) is 0 Å². The van der Waals surface area contributed by atoms with Gasteiger partial charge in [0.1, 0.15) is 5.78 Å². The average Bonchev–Trinajstić information content (AvgIpc) is 2.02. The van der Waals surface area contributed by atoms with Gasteiger partial charge in [0.05, 0.1) is 0 Å². The molecule has 0 bridgehead atoms. The molecule has 0 aliphatic rings. The second kappa shape index (κ2) is 6.88. The number of ketones is 1. The van der Waals surface area contributed by atoms with Crippen LogP contribution in [0.15, 0.2) is 12.2 Å². The quantitative estimate of drug-likeness (QED) is 0.433. The van der Waals surface area contributed by atoms with Crippen LogP contribution in [0.25, 0.3) is 0 Å². The van der Waals surface area contributed by atoms with Gasteiger partial charge in [-0.15, -0.1) is 0 Å². The van der Waals surface area contributed by atoms with Crippen LogP contribution in [0.1, 0.15) is 52.9 Å². The standard InChI is InChI=1S/C12H22O/c1-5-6-7-8-9-12(10(2)3)11(4)13/h12H,2,5-9H2,1,3-4H3. The second-order valence-electron chi connectivity index (χ2n) is 3.86. The highest BCUT2D eigenvalue weighted by Gasteiger charge is 2.13. The summed E-state index contributed by atoms with van der Waals surface area (Å²) in [6.07, 6.45) is 5.92. The van der Waals surface area contributed by atoms with Gasteiger partial charge in [-0.05, 0) is 20.3 Å². The predicted molar refractivity (Wildman–Crippen MR) is 57.7 cm³/mol. The van der Waals surface area contributed by atoms with Crippen LogP contribution >= 0.6 is 0 Å². The number of hydrogen-bond acceptors (Lipinski definition) is 1. The molecule has 1 nitrogen and oxygen atoms in total. The zero-order valence-corrected chi connectivity index (χ0v) is 9.23. The molecule has 1 atom stereocenters. The average molecular weight is 182 g/mol. The van der Waals surface area contributed by atoms with E-state index in [1.165, 1.54) is 19.3 Å². The van der Waals surface area contributed by atoms with Gasteiger partial charge in [0.15, 0.2) is 0 Å². The van der Waals surface area contributed by atoms with Gasteiger partial charge < -0.3 is 0 Å². The molecule has 0 spiro atoms. The molecular weight excluding hydrogens is 160 g/mol. The van der Waals surface area contributed by atoms with Gasteiger partial charge in [0, 0.05) is 5.92 Å². The van der Waals surface area contributed by atoms with Crippen molar-refractivity contribution in [3.63, 3.8) is 0 Å². The van der Waals surface area contributed by atoms with E-state index >= 15 is 0 Å². The van der Waals surface area contributed by atoms with Crippen LogP contribution in [0.4, 0.5) is 0 Å². The molecule has 76 valence electrons. The van der Waals surface area contributed by atoms with Crippen LogP contribution in [0.3, 0.4) is 0 Å². The molecule has 0 aromatic rings. The Hall–Kier alpha value is -0.590. The van der Waals surface area contributed by atoms with E-state index in [1.807, 2.05) is 6.92 Å². The van der Waals surface area contributed by atoms with Crippen molar-refractivity contribution in [3.8, 4) is 0 Å². The summed E-state index contributed by atoms with van der Waals surface area (Å²) in [7, 11) is 0. The number of allylic oxidation sites excluding steroid dienone is 1. The lowest BCUT2D eigenvalue weighted by Gasteiger charge is -2.12. The van der Waals surface area contributed by atoms with Crippen molar-refractivity contribution < 1.29 is 4.79 Å². The van der Waals surface area contributed by atoms with Crippen LogP contribution in [0.5, 0.6) is 0 Å². The molecule has 0 fully saturated rings. The fourth-order valence-electron chi connectivity index (χ4n) is 1.57. The second-order valence-corrected chi connectivity index (χ2v) is 3.86. The van der Waals surface area contributed by atoms with Crippen molar-refractivity contribution in [2.45, 2.75) is 52.9 Å². The smallest absolute Gasteiger partial charge is 0.136 e. The molecule has 0 rings (SSSR count). The van der Waals surface area contributed by atoms with Crippen LogP contribution in [-0.4, -0.2) is 5.78 Å². The molecule has 0 aromatic heterocycles. The first kappa shape index (κ1) is 12.4. The summed E-state index contributed by atoms with van der Waals surface area (Å²) in [5, 5.41) is 0. The first-order valence-electron chi connectivity index (χ1n) is 5.25. The van der Waals surface area contributed by atoms with Crippen LogP contribution in [-0.2, 0) is 4.79 Å². The van der Waals surface area contributed by atoms with Gasteiger partial charge in [-0.2, -0.15) is 0 Å². The number of hydrogen-bond donors (Lipinski definition) is 0. The van der Waals surface area contributed by atoms with Crippen molar-refractivity contribution in [2.75, 3.05) is 0 Å². The van der Waals surface area contributed by atoms with E-state index in [2.05, 4.69) is 13.5 Å². The molecule has 13 heavy (non-hydrogen) atoms. The van der Waals surface area contributed by atoms with E-state index in [1.54, 1.807) is 6.92 Å². The van der Waals surface area contributed by atoms with E-state index in [4.69, 9.17) is 0 Å². The lowest BCUT2D eigenvalue weighted by molar-refractivity contribution is -0.119. The maximum atomic E-state index is 11.2. The van der Waals surface area contributed by atoms with Crippen molar-refractivity contribution >= 4 is 5.78 Å². The minimum Gasteiger partial charge on any atom is -0.299 e. The molecule has 0 aliphatic carbocycles. The summed E-state index contributed by atoms with van der Waals surface area (Å²) in [4.78, 5) is 11.2. The SMILES string of the molecule is C=C(C)C(CCCCCC)C(C)=O. The summed E-state index contributed by atoms with van der Waals surface area (Å²) in [6, 6.07) is 0. The van der Waals surface area contributed by atoms with E-state index in [0.29, 0.717) is 0 Å². The Morgan fingerprint density at radius 2 is 1.85 bits per heavy atom. The predicted octanol–water partition coefficient (Wildman–Crippen LogP) is 3.74. The Kier molecular flexibility index (Phi) is 6.56. The Morgan fingerprint density at radius 3 is 2.23 bits per heavy atom. The number of unbranched alkanes of at least 4 members (excludes halogenated alkanes) is 3. The summed E-state index contributed by atoms with van der Waals surface area (Å²) >= 11 is 0. The fraction of sp³-hybridized carbons (Fsp3) is 0.750. The van der Waals surface area contributed by atoms with Crippen LogP contribution in [0.2, 0.25) is 0 Å². The first-order valence-corrected chi connectivity index (χ1v) is 5.25. The molecule has 1 heteroatoms. The maximum absolute atomic E-state index is 11.2. The Balaban J connectivity index is 3.71. The van der Waals surface area contributed by atoms with Crippen LogP contribution < -0.4 is 0 Å². The van der Waals surface area contributed by atoms with Crippen LogP contribution in [0, 0.1) is 5.92 Å². The molecule has 0 heterocycles. The third kappa shape index (κ3) is 5.62. The highest BCUT2D eigenvalue weighted by molar-refractivity contribution is 5.80. The van der Waals surface area contributed by atoms with Crippen molar-refractivity contribution in [1.29, 1.82) is 0 Å². The van der Waals surface area contributed by atoms with E-state index < -0.39 is 0 Å². The van der Waals surface area contributed by atoms with Gasteiger partial charge in [0.25, 0.3) is 0 Å². The molecule has 0 aromatic carbocycles. The number of carbonyl (C=O) groups is 1. The Labute approximate surface area is 82.2 Å². The molecule has 0 N–H and O–H groups in total. The van der Waals surface area contributed by atoms with Gasteiger partial charge >= 0.3 is 0 Å². The van der Waals surface area contributed by atoms with E-state index in [-0.39, 0.29) is 11.7 Å². The maximum Gasteiger partial charge on any atom is 0.136 e. The third-order valence-electron chi connectivity index (χ3n) is 2.43. The lowest BCUT2D eigenvalue weighted by atomic mass is 9.91. The van der Waals surface area contributed by atoms with E-state index in [0.717, 1.165) is 18.4 Å². The fourth-order valence-corrected chi connectivity index (χ4v) is 1.57. The van der Waals surface area contributed by atoms with Gasteiger partial charge in [-0.1, -0.05) is 44.8 Å².